The molecule has 0 spiro atoms. The molecule has 2 rings (SSSR count). The smallest absolute Gasteiger partial charge is 0.0401 e. The van der Waals surface area contributed by atoms with Crippen LogP contribution in [0.15, 0.2) is 12.3 Å². The quantitative estimate of drug-likeness (QED) is 0.634. The molecule has 1 aromatic heterocycles. The molecule has 17 heavy (non-hydrogen) atoms. The minimum Gasteiger partial charge on any atom is -0.261 e. The molecule has 0 saturated heterocycles. The molecule has 1 fully saturated rings. The van der Waals surface area contributed by atoms with Crippen molar-refractivity contribution in [3.63, 3.8) is 0 Å². The Hall–Kier alpha value is -0.850. The van der Waals surface area contributed by atoms with Gasteiger partial charge in [0.1, 0.15) is 0 Å². The third kappa shape index (κ3) is 4.89. The summed E-state index contributed by atoms with van der Waals surface area (Å²) >= 11 is 0. The summed E-state index contributed by atoms with van der Waals surface area (Å²) in [5.74, 6) is 0.798. The second-order valence-electron chi connectivity index (χ2n) is 4.15. The topological polar surface area (TPSA) is 12.9 Å². The van der Waals surface area contributed by atoms with E-state index in [1.54, 1.807) is 0 Å². The van der Waals surface area contributed by atoms with Crippen LogP contribution in [0.4, 0.5) is 0 Å². The second-order valence-corrected chi connectivity index (χ2v) is 4.15. The summed E-state index contributed by atoms with van der Waals surface area (Å²) in [5, 5.41) is 0. The number of aromatic nitrogens is 1. The highest BCUT2D eigenvalue weighted by atomic mass is 14.7. The van der Waals surface area contributed by atoms with Gasteiger partial charge in [0, 0.05) is 11.9 Å². The van der Waals surface area contributed by atoms with E-state index in [2.05, 4.69) is 31.1 Å². The van der Waals surface area contributed by atoms with Crippen molar-refractivity contribution in [3.05, 3.63) is 29.1 Å². The molecule has 0 radical (unpaired) electrons. The summed E-state index contributed by atoms with van der Waals surface area (Å²) in [6.07, 6.45) is 7.60. The average Bonchev–Trinajstić information content (AvgIpc) is 2.91. The van der Waals surface area contributed by atoms with Crippen molar-refractivity contribution in [3.8, 4) is 0 Å². The summed E-state index contributed by atoms with van der Waals surface area (Å²) in [4.78, 5) is 4.42. The summed E-state index contributed by atoms with van der Waals surface area (Å²) in [6.45, 7) is 12.2. The van der Waals surface area contributed by atoms with Crippen LogP contribution in [0.2, 0.25) is 0 Å². The second kappa shape index (κ2) is 9.21. The number of hydrogen-bond donors (Lipinski definition) is 0. The van der Waals surface area contributed by atoms with Gasteiger partial charge in [0.2, 0.25) is 0 Å². The van der Waals surface area contributed by atoms with Crippen molar-refractivity contribution in [2.24, 2.45) is 0 Å². The molecular formula is C16H29N. The number of nitrogens with zero attached hydrogens (tertiary/aromatic N) is 1. The zero-order valence-electron chi connectivity index (χ0n) is 12.5. The Labute approximate surface area is 108 Å². The van der Waals surface area contributed by atoms with Crippen LogP contribution < -0.4 is 0 Å². The molecule has 1 aliphatic rings. The fourth-order valence-electron chi connectivity index (χ4n) is 2.15. The first-order valence-electron chi connectivity index (χ1n) is 7.20. The Bertz CT molecular complexity index is 298. The normalized spacial score (nSPS) is 14.5. The molecule has 1 aromatic rings. The van der Waals surface area contributed by atoms with Gasteiger partial charge in [0.15, 0.2) is 0 Å². The lowest BCUT2D eigenvalue weighted by atomic mass is 9.98. The lowest BCUT2D eigenvalue weighted by molar-refractivity contribution is 0.717. The molecule has 0 N–H and O–H groups in total. The van der Waals surface area contributed by atoms with E-state index in [1.165, 1.54) is 42.5 Å². The van der Waals surface area contributed by atoms with Crippen LogP contribution in [0.1, 0.15) is 76.1 Å². The van der Waals surface area contributed by atoms with Crippen molar-refractivity contribution in [1.29, 1.82) is 0 Å². The molecule has 1 nitrogen and oxygen atoms in total. The summed E-state index contributed by atoms with van der Waals surface area (Å²) in [7, 11) is 0. The Balaban J connectivity index is 0.000000581. The third-order valence-electron chi connectivity index (χ3n) is 3.19. The maximum Gasteiger partial charge on any atom is 0.0401 e. The first-order valence-corrected chi connectivity index (χ1v) is 7.20. The van der Waals surface area contributed by atoms with E-state index in [0.29, 0.717) is 0 Å². The van der Waals surface area contributed by atoms with Crippen molar-refractivity contribution >= 4 is 0 Å². The molecule has 0 aromatic carbocycles. The third-order valence-corrected chi connectivity index (χ3v) is 3.19. The highest BCUT2D eigenvalue weighted by Gasteiger charge is 2.17. The molecule has 0 aliphatic heterocycles. The minimum atomic E-state index is 0.798. The Morgan fingerprint density at radius 1 is 1.00 bits per heavy atom. The minimum absolute atomic E-state index is 0.798. The van der Waals surface area contributed by atoms with Crippen LogP contribution in [0, 0.1) is 13.8 Å². The van der Waals surface area contributed by atoms with Crippen molar-refractivity contribution in [1.82, 2.24) is 4.98 Å². The van der Waals surface area contributed by atoms with E-state index in [-0.39, 0.29) is 0 Å². The molecule has 98 valence electrons. The van der Waals surface area contributed by atoms with Crippen LogP contribution in [-0.2, 0) is 0 Å². The van der Waals surface area contributed by atoms with Gasteiger partial charge in [0.05, 0.1) is 0 Å². The van der Waals surface area contributed by atoms with Crippen LogP contribution >= 0.6 is 0 Å². The van der Waals surface area contributed by atoms with E-state index in [4.69, 9.17) is 0 Å². The van der Waals surface area contributed by atoms with E-state index >= 15 is 0 Å². The number of rotatable bonds is 1. The van der Waals surface area contributed by atoms with Gasteiger partial charge < -0.3 is 0 Å². The Kier molecular flexibility index (Phi) is 8.75. The van der Waals surface area contributed by atoms with Gasteiger partial charge >= 0.3 is 0 Å². The van der Waals surface area contributed by atoms with Gasteiger partial charge in [-0.25, -0.2) is 0 Å². The summed E-state index contributed by atoms with van der Waals surface area (Å²) in [6, 6.07) is 2.32. The maximum atomic E-state index is 4.42. The predicted octanol–water partition coefficient (Wildman–Crippen LogP) is 5.41. The van der Waals surface area contributed by atoms with Crippen molar-refractivity contribution in [2.45, 2.75) is 73.1 Å². The van der Waals surface area contributed by atoms with Gasteiger partial charge in [-0.15, -0.1) is 0 Å². The SMILES string of the molecule is CC.CC.Cc1cc(C2CCCC2)cnc1C. The molecule has 0 atom stereocenters. The average molecular weight is 235 g/mol. The van der Waals surface area contributed by atoms with Crippen molar-refractivity contribution in [2.75, 3.05) is 0 Å². The van der Waals surface area contributed by atoms with Gasteiger partial charge in [-0.1, -0.05) is 46.6 Å². The lowest BCUT2D eigenvalue weighted by Gasteiger charge is -2.10. The number of aryl methyl sites for hydroxylation is 2. The van der Waals surface area contributed by atoms with Crippen molar-refractivity contribution < 1.29 is 0 Å². The van der Waals surface area contributed by atoms with Crippen LogP contribution in [0.3, 0.4) is 0 Å². The fourth-order valence-corrected chi connectivity index (χ4v) is 2.15. The highest BCUT2D eigenvalue weighted by Crippen LogP contribution is 2.34. The first-order chi connectivity index (χ1) is 8.27. The molecule has 1 heterocycles. The molecule has 1 aliphatic carbocycles. The Morgan fingerprint density at radius 2 is 1.53 bits per heavy atom. The van der Waals surface area contributed by atoms with E-state index in [1.807, 2.05) is 27.7 Å². The number of hydrogen-bond acceptors (Lipinski definition) is 1. The highest BCUT2D eigenvalue weighted by molar-refractivity contribution is 5.26. The Morgan fingerprint density at radius 3 is 2.00 bits per heavy atom. The van der Waals surface area contributed by atoms with Crippen LogP contribution in [0.25, 0.3) is 0 Å². The molecule has 0 bridgehead atoms. The molecule has 1 heteroatoms. The standard InChI is InChI=1S/C12H17N.2C2H6/c1-9-7-12(8-13-10(9)2)11-5-3-4-6-11;2*1-2/h7-8,11H,3-6H2,1-2H3;2*1-2H3. The monoisotopic (exact) mass is 235 g/mol. The van der Waals surface area contributed by atoms with Gasteiger partial charge in [-0.3, -0.25) is 4.98 Å². The van der Waals surface area contributed by atoms with Crippen LogP contribution in [0.5, 0.6) is 0 Å². The predicted molar refractivity (Wildman–Crippen MR) is 77.6 cm³/mol. The zero-order chi connectivity index (χ0) is 13.3. The van der Waals surface area contributed by atoms with Gasteiger partial charge in [-0.05, 0) is 43.7 Å². The molecule has 1 saturated carbocycles. The molecule has 0 amide bonds. The van der Waals surface area contributed by atoms with Gasteiger partial charge in [0.25, 0.3) is 0 Å². The lowest BCUT2D eigenvalue weighted by Crippen LogP contribution is -1.96. The maximum absolute atomic E-state index is 4.42. The molecular weight excluding hydrogens is 206 g/mol. The summed E-state index contributed by atoms with van der Waals surface area (Å²) < 4.78 is 0. The largest absolute Gasteiger partial charge is 0.261 e. The molecule has 0 unspecified atom stereocenters. The van der Waals surface area contributed by atoms with E-state index in [0.717, 1.165) is 5.92 Å². The fraction of sp³-hybridized carbons (Fsp3) is 0.688. The van der Waals surface area contributed by atoms with E-state index < -0.39 is 0 Å². The summed E-state index contributed by atoms with van der Waals surface area (Å²) in [5.41, 5.74) is 3.96. The first kappa shape index (κ1) is 16.1. The number of pyridine rings is 1. The van der Waals surface area contributed by atoms with Gasteiger partial charge in [-0.2, -0.15) is 0 Å². The van der Waals surface area contributed by atoms with Crippen LogP contribution in [-0.4, -0.2) is 4.98 Å². The zero-order valence-corrected chi connectivity index (χ0v) is 12.5. The van der Waals surface area contributed by atoms with E-state index in [9.17, 15) is 0 Å².